The number of hydrogen-bond donors (Lipinski definition) is 1. The molecular formula is C25H21ClFN5O3. The molecule has 10 heteroatoms. The Morgan fingerprint density at radius 2 is 2.11 bits per heavy atom. The Morgan fingerprint density at radius 3 is 2.89 bits per heavy atom. The molecule has 2 aromatic heterocycles. The third-order valence-corrected chi connectivity index (χ3v) is 5.17. The minimum atomic E-state index is -0.322. The maximum Gasteiger partial charge on any atom is 0.246 e. The minimum absolute atomic E-state index is 0.191. The molecular weight excluding hydrogens is 473 g/mol. The Kier molecular flexibility index (Phi) is 7.37. The van der Waals surface area contributed by atoms with Crippen molar-refractivity contribution in [2.45, 2.75) is 13.2 Å². The predicted octanol–water partition coefficient (Wildman–Crippen LogP) is 5.39. The molecule has 0 spiro atoms. The van der Waals surface area contributed by atoms with Crippen molar-refractivity contribution >= 4 is 29.0 Å². The molecule has 4 aromatic rings. The van der Waals surface area contributed by atoms with Crippen LogP contribution in [0.5, 0.6) is 5.75 Å². The van der Waals surface area contributed by atoms with Crippen molar-refractivity contribution in [1.82, 2.24) is 20.0 Å². The molecule has 0 aliphatic carbocycles. The van der Waals surface area contributed by atoms with Crippen LogP contribution in [0.2, 0.25) is 5.02 Å². The van der Waals surface area contributed by atoms with Crippen LogP contribution in [-0.2, 0) is 17.9 Å². The maximum absolute atomic E-state index is 13.3. The number of ether oxygens (including phenoxy) is 1. The van der Waals surface area contributed by atoms with Gasteiger partial charge in [0.1, 0.15) is 29.7 Å². The van der Waals surface area contributed by atoms with E-state index in [1.165, 1.54) is 23.1 Å². The number of benzene rings is 2. The summed E-state index contributed by atoms with van der Waals surface area (Å²) in [5.41, 5.74) is 1.94. The van der Waals surface area contributed by atoms with Crippen molar-refractivity contribution in [3.63, 3.8) is 0 Å². The summed E-state index contributed by atoms with van der Waals surface area (Å²) < 4.78 is 24.4. The zero-order valence-electron chi connectivity index (χ0n) is 18.7. The summed E-state index contributed by atoms with van der Waals surface area (Å²) in [6.45, 7) is 3.92. The maximum atomic E-state index is 13.3. The van der Waals surface area contributed by atoms with E-state index in [-0.39, 0.29) is 24.9 Å². The second kappa shape index (κ2) is 10.8. The highest BCUT2D eigenvalue weighted by Gasteiger charge is 2.14. The third kappa shape index (κ3) is 6.21. The van der Waals surface area contributed by atoms with Gasteiger partial charge < -0.3 is 19.5 Å². The Balaban J connectivity index is 1.42. The first-order chi connectivity index (χ1) is 16.9. The van der Waals surface area contributed by atoms with Crippen LogP contribution < -0.4 is 10.1 Å². The van der Waals surface area contributed by atoms with Gasteiger partial charge >= 0.3 is 0 Å². The lowest BCUT2D eigenvalue weighted by Gasteiger charge is -2.11. The second-order valence-electron chi connectivity index (χ2n) is 7.54. The molecule has 0 unspecified atom stereocenters. The summed E-state index contributed by atoms with van der Waals surface area (Å²) in [6.07, 6.45) is 2.81. The molecule has 0 atom stereocenters. The fourth-order valence-corrected chi connectivity index (χ4v) is 3.38. The number of carbonyl (C=O) groups excluding carboxylic acids is 1. The Morgan fingerprint density at radius 1 is 1.26 bits per heavy atom. The first kappa shape index (κ1) is 23.9. The van der Waals surface area contributed by atoms with Crippen molar-refractivity contribution in [3.05, 3.63) is 95.5 Å². The summed E-state index contributed by atoms with van der Waals surface area (Å²) in [5, 5.41) is 7.52. The van der Waals surface area contributed by atoms with Crippen LogP contribution in [0.1, 0.15) is 11.3 Å². The number of nitrogens with one attached hydrogen (secondary N) is 1. The molecule has 0 radical (unpaired) electrons. The molecule has 2 heterocycles. The van der Waals surface area contributed by atoms with E-state index < -0.39 is 0 Å². The van der Waals surface area contributed by atoms with E-state index in [9.17, 15) is 9.18 Å². The Bertz CT molecular complexity index is 1360. The van der Waals surface area contributed by atoms with Crippen LogP contribution >= 0.6 is 11.6 Å². The molecule has 178 valence electrons. The van der Waals surface area contributed by atoms with Gasteiger partial charge in [-0.15, -0.1) is 0 Å². The van der Waals surface area contributed by atoms with Gasteiger partial charge in [0.05, 0.1) is 11.6 Å². The lowest BCUT2D eigenvalue weighted by atomic mass is 10.2. The van der Waals surface area contributed by atoms with E-state index in [2.05, 4.69) is 27.0 Å². The number of nitrogens with zero attached hydrogens (tertiary/aromatic N) is 4. The molecule has 4 rings (SSSR count). The number of halogens is 2. The monoisotopic (exact) mass is 493 g/mol. The van der Waals surface area contributed by atoms with E-state index in [4.69, 9.17) is 20.9 Å². The van der Waals surface area contributed by atoms with Gasteiger partial charge in [-0.3, -0.25) is 4.79 Å². The topological polar surface area (TPSA) is 93.4 Å². The number of anilines is 2. The summed E-state index contributed by atoms with van der Waals surface area (Å²) in [5.74, 6) is 1.13. The number of likely N-dealkylation sites (N-methyl/N-ethyl adjacent to an activating group) is 1. The predicted molar refractivity (Wildman–Crippen MR) is 130 cm³/mol. The molecule has 0 fully saturated rings. The van der Waals surface area contributed by atoms with Crippen LogP contribution in [0.3, 0.4) is 0 Å². The summed E-state index contributed by atoms with van der Waals surface area (Å²) in [6, 6.07) is 14.8. The van der Waals surface area contributed by atoms with Crippen molar-refractivity contribution in [1.29, 1.82) is 0 Å². The highest BCUT2D eigenvalue weighted by Crippen LogP contribution is 2.30. The highest BCUT2D eigenvalue weighted by molar-refractivity contribution is 6.32. The van der Waals surface area contributed by atoms with Gasteiger partial charge in [-0.1, -0.05) is 35.5 Å². The van der Waals surface area contributed by atoms with Crippen molar-refractivity contribution in [3.8, 4) is 17.3 Å². The van der Waals surface area contributed by atoms with E-state index >= 15 is 0 Å². The van der Waals surface area contributed by atoms with E-state index in [0.29, 0.717) is 45.1 Å². The molecule has 0 bridgehead atoms. The molecule has 1 amide bonds. The zero-order chi connectivity index (χ0) is 24.8. The quantitative estimate of drug-likeness (QED) is 0.312. The van der Waals surface area contributed by atoms with Crippen molar-refractivity contribution in [2.24, 2.45) is 0 Å². The molecule has 8 nitrogen and oxygen atoms in total. The molecule has 2 aromatic carbocycles. The van der Waals surface area contributed by atoms with Crippen LogP contribution in [-0.4, -0.2) is 33.0 Å². The first-order valence-corrected chi connectivity index (χ1v) is 10.9. The summed E-state index contributed by atoms with van der Waals surface area (Å²) >= 11 is 6.37. The van der Waals surface area contributed by atoms with Gasteiger partial charge in [0.2, 0.25) is 17.5 Å². The van der Waals surface area contributed by atoms with Gasteiger partial charge in [-0.2, -0.15) is 0 Å². The number of carbonyl (C=O) groups is 1. The zero-order valence-corrected chi connectivity index (χ0v) is 19.5. The van der Waals surface area contributed by atoms with E-state index in [1.807, 2.05) is 0 Å². The van der Waals surface area contributed by atoms with Gasteiger partial charge in [0.25, 0.3) is 0 Å². The van der Waals surface area contributed by atoms with Crippen LogP contribution in [0.15, 0.2) is 78.0 Å². The summed E-state index contributed by atoms with van der Waals surface area (Å²) in [4.78, 5) is 21.8. The Hall–Kier alpha value is -4.24. The molecule has 1 N–H and O–H groups in total. The average molecular weight is 494 g/mol. The minimum Gasteiger partial charge on any atom is -0.487 e. The fraction of sp³-hybridized carbons (Fsp3) is 0.120. The van der Waals surface area contributed by atoms with Crippen LogP contribution in [0.4, 0.5) is 15.9 Å². The Labute approximate surface area is 206 Å². The number of aromatic nitrogens is 3. The average Bonchev–Trinajstić information content (AvgIpc) is 3.32. The first-order valence-electron chi connectivity index (χ1n) is 10.5. The number of amides is 1. The molecule has 0 aliphatic heterocycles. The summed E-state index contributed by atoms with van der Waals surface area (Å²) in [7, 11) is 1.64. The standard InChI is InChI=1S/C25H21ClFN5O3/c1-3-24(33)32(2)14-19-13-22(35-31-19)25-28-10-9-23(30-25)29-18-7-8-21(20(26)12-18)34-15-16-5-4-6-17(27)11-16/h3-13H,1,14-15H2,2H3,(H,28,29,30). The normalized spacial score (nSPS) is 10.6. The van der Waals surface area contributed by atoms with Crippen LogP contribution in [0.25, 0.3) is 11.6 Å². The lowest BCUT2D eigenvalue weighted by molar-refractivity contribution is -0.125. The molecule has 0 aliphatic rings. The van der Waals surface area contributed by atoms with Crippen molar-refractivity contribution in [2.75, 3.05) is 12.4 Å². The second-order valence-corrected chi connectivity index (χ2v) is 7.94. The van der Waals surface area contributed by atoms with Gasteiger partial charge in [0.15, 0.2) is 0 Å². The highest BCUT2D eigenvalue weighted by atomic mass is 35.5. The van der Waals surface area contributed by atoms with E-state index in [0.717, 1.165) is 0 Å². The lowest BCUT2D eigenvalue weighted by Crippen LogP contribution is -2.23. The van der Waals surface area contributed by atoms with Crippen molar-refractivity contribution < 1.29 is 18.4 Å². The van der Waals surface area contributed by atoms with E-state index in [1.54, 1.807) is 55.7 Å². The van der Waals surface area contributed by atoms with Gasteiger partial charge in [0, 0.05) is 25.0 Å². The van der Waals surface area contributed by atoms with Gasteiger partial charge in [-0.05, 0) is 48.0 Å². The number of hydrogen-bond acceptors (Lipinski definition) is 7. The van der Waals surface area contributed by atoms with Crippen LogP contribution in [0, 0.1) is 5.82 Å². The fourth-order valence-electron chi connectivity index (χ4n) is 3.15. The molecule has 0 saturated heterocycles. The molecule has 0 saturated carbocycles. The SMILES string of the molecule is C=CC(=O)N(C)Cc1cc(-c2nccc(Nc3ccc(OCc4cccc(F)c4)c(Cl)c3)n2)on1. The number of rotatable bonds is 9. The van der Waals surface area contributed by atoms with Gasteiger partial charge in [-0.25, -0.2) is 14.4 Å². The third-order valence-electron chi connectivity index (χ3n) is 4.87. The smallest absolute Gasteiger partial charge is 0.246 e. The molecule has 35 heavy (non-hydrogen) atoms. The largest absolute Gasteiger partial charge is 0.487 e.